The van der Waals surface area contributed by atoms with Crippen LogP contribution in [-0.4, -0.2) is 16.1 Å². The first kappa shape index (κ1) is 34.8. The van der Waals surface area contributed by atoms with Gasteiger partial charge in [0.05, 0.1) is 22.4 Å². The van der Waals surface area contributed by atoms with E-state index in [0.29, 0.717) is 5.84 Å². The van der Waals surface area contributed by atoms with E-state index in [4.69, 9.17) is 14.4 Å². The summed E-state index contributed by atoms with van der Waals surface area (Å²) in [6.45, 7) is 0. The van der Waals surface area contributed by atoms with Crippen LogP contribution in [0.4, 0.5) is 0 Å². The van der Waals surface area contributed by atoms with Gasteiger partial charge in [-0.3, -0.25) is 0 Å². The molecular formula is C58H37N3O. The Morgan fingerprint density at radius 3 is 1.97 bits per heavy atom. The Morgan fingerprint density at radius 1 is 0.452 bits per heavy atom. The minimum atomic E-state index is 0.696. The number of nitrogens with zero attached hydrogens (tertiary/aromatic N) is 3. The second-order valence-electron chi connectivity index (χ2n) is 16.4. The lowest BCUT2D eigenvalue weighted by Gasteiger charge is -2.15. The Balaban J connectivity index is 1.04. The predicted octanol–water partition coefficient (Wildman–Crippen LogP) is 15.4. The molecule has 0 aliphatic carbocycles. The Morgan fingerprint density at radius 2 is 1.13 bits per heavy atom. The normalized spacial score (nSPS) is 16.2. The molecule has 0 saturated heterocycles. The summed E-state index contributed by atoms with van der Waals surface area (Å²) in [4.78, 5) is 10.9. The smallest absolute Gasteiger partial charge is 0.160 e. The van der Waals surface area contributed by atoms with Crippen LogP contribution in [0.15, 0.2) is 215 Å². The first-order chi connectivity index (χ1) is 30.7. The number of rotatable bonds is 4. The molecule has 290 valence electrons. The van der Waals surface area contributed by atoms with Crippen molar-refractivity contribution in [2.75, 3.05) is 0 Å². The van der Waals surface area contributed by atoms with Crippen molar-refractivity contribution >= 4 is 104 Å². The van der Waals surface area contributed by atoms with Crippen molar-refractivity contribution in [1.82, 2.24) is 4.57 Å². The highest BCUT2D eigenvalue weighted by molar-refractivity contribution is 6.27. The maximum Gasteiger partial charge on any atom is 0.160 e. The molecule has 10 aromatic carbocycles. The van der Waals surface area contributed by atoms with Crippen LogP contribution in [0.25, 0.3) is 98.2 Å². The van der Waals surface area contributed by atoms with Gasteiger partial charge < -0.3 is 8.98 Å². The van der Waals surface area contributed by atoms with Crippen molar-refractivity contribution in [2.24, 2.45) is 9.98 Å². The molecule has 0 fully saturated rings. The number of fused-ring (bicyclic) bond motifs is 12. The highest BCUT2D eigenvalue weighted by Gasteiger charge is 2.22. The summed E-state index contributed by atoms with van der Waals surface area (Å²) in [5, 5.41) is 14.1. The van der Waals surface area contributed by atoms with E-state index in [2.05, 4.69) is 199 Å². The van der Waals surface area contributed by atoms with Crippen molar-refractivity contribution < 1.29 is 4.42 Å². The SMILES string of the molecule is C1=C(c2ccc3ccccc3c2)/N=C(c2ccccc2)\N=C(\c2cc3ccccc3c3oc4cc(-n5c6cc7ccccc7cc6c6ccc7ccccc7c65)ccc4c23)CC\1. The van der Waals surface area contributed by atoms with Crippen molar-refractivity contribution in [1.29, 1.82) is 0 Å². The van der Waals surface area contributed by atoms with E-state index in [-0.39, 0.29) is 0 Å². The summed E-state index contributed by atoms with van der Waals surface area (Å²) >= 11 is 0. The highest BCUT2D eigenvalue weighted by atomic mass is 16.3. The number of hydrogen-bond acceptors (Lipinski definition) is 3. The standard InChI is InChI=1S/C58H37N3O/c1-2-15-38(16-3-1)58-59-51(43-26-25-36-13-4-5-17-39(36)31-43)23-12-24-52(60-58)50-33-42-20-9-11-22-46(42)57-55(50)48-30-28-44(35-54(48)62-57)61-53-34-41-19-7-6-18-40(41)32-49(53)47-29-27-37-14-8-10-21-45(37)56(47)61/h1-11,13-23,25-35H,12,24H2/b51-23-,59-58-,60-52+. The van der Waals surface area contributed by atoms with Gasteiger partial charge in [0, 0.05) is 60.8 Å². The Bertz CT molecular complexity index is 3920. The molecule has 62 heavy (non-hydrogen) atoms. The van der Waals surface area contributed by atoms with Gasteiger partial charge in [0.1, 0.15) is 11.2 Å². The fourth-order valence-corrected chi connectivity index (χ4v) is 9.85. The zero-order valence-corrected chi connectivity index (χ0v) is 33.7. The summed E-state index contributed by atoms with van der Waals surface area (Å²) in [7, 11) is 0. The number of amidine groups is 1. The van der Waals surface area contributed by atoms with Gasteiger partial charge in [-0.05, 0) is 81.6 Å². The topological polar surface area (TPSA) is 42.8 Å². The summed E-state index contributed by atoms with van der Waals surface area (Å²) in [6, 6.07) is 69.6. The summed E-state index contributed by atoms with van der Waals surface area (Å²) in [5.41, 5.74) is 10.2. The van der Waals surface area contributed by atoms with Crippen molar-refractivity contribution in [2.45, 2.75) is 12.8 Å². The summed E-state index contributed by atoms with van der Waals surface area (Å²) < 4.78 is 9.52. The van der Waals surface area contributed by atoms with Crippen LogP contribution in [0.1, 0.15) is 29.5 Å². The van der Waals surface area contributed by atoms with Gasteiger partial charge in [-0.2, -0.15) is 0 Å². The molecule has 4 nitrogen and oxygen atoms in total. The first-order valence-electron chi connectivity index (χ1n) is 21.4. The molecule has 0 unspecified atom stereocenters. The van der Waals surface area contributed by atoms with Crippen molar-refractivity contribution in [3.05, 3.63) is 217 Å². The Kier molecular flexibility index (Phi) is 7.70. The minimum absolute atomic E-state index is 0.696. The van der Waals surface area contributed by atoms with Gasteiger partial charge in [-0.15, -0.1) is 0 Å². The molecule has 0 radical (unpaired) electrons. The fourth-order valence-electron chi connectivity index (χ4n) is 9.85. The summed E-state index contributed by atoms with van der Waals surface area (Å²) in [6.07, 6.45) is 3.80. The first-order valence-corrected chi connectivity index (χ1v) is 21.4. The Hall–Kier alpha value is -8.08. The average Bonchev–Trinajstić information content (AvgIpc) is 3.86. The van der Waals surface area contributed by atoms with Crippen LogP contribution in [0.2, 0.25) is 0 Å². The lowest BCUT2D eigenvalue weighted by Crippen LogP contribution is -2.10. The number of hydrogen-bond donors (Lipinski definition) is 0. The van der Waals surface area contributed by atoms with E-state index in [1.807, 2.05) is 6.07 Å². The van der Waals surface area contributed by atoms with Crippen LogP contribution in [0, 0.1) is 0 Å². The second-order valence-corrected chi connectivity index (χ2v) is 16.4. The van der Waals surface area contributed by atoms with E-state index in [0.717, 1.165) is 79.3 Å². The van der Waals surface area contributed by atoms with Gasteiger partial charge in [0.25, 0.3) is 0 Å². The highest BCUT2D eigenvalue weighted by Crippen LogP contribution is 2.42. The van der Waals surface area contributed by atoms with Crippen LogP contribution in [-0.2, 0) is 0 Å². The van der Waals surface area contributed by atoms with Gasteiger partial charge in [-0.25, -0.2) is 9.98 Å². The summed E-state index contributed by atoms with van der Waals surface area (Å²) in [5.74, 6) is 0.696. The molecule has 0 atom stereocenters. The molecule has 3 heterocycles. The zero-order valence-electron chi connectivity index (χ0n) is 33.7. The van der Waals surface area contributed by atoms with E-state index >= 15 is 0 Å². The molecule has 4 heteroatoms. The number of allylic oxidation sites excluding steroid dienone is 1. The third kappa shape index (κ3) is 5.47. The van der Waals surface area contributed by atoms with Crippen LogP contribution < -0.4 is 0 Å². The van der Waals surface area contributed by atoms with E-state index in [1.54, 1.807) is 0 Å². The molecule has 1 aliphatic heterocycles. The third-order valence-corrected chi connectivity index (χ3v) is 12.8. The van der Waals surface area contributed by atoms with Gasteiger partial charge in [0.15, 0.2) is 5.84 Å². The molecule has 13 rings (SSSR count). The minimum Gasteiger partial charge on any atom is -0.455 e. The van der Waals surface area contributed by atoms with Crippen molar-refractivity contribution in [3.63, 3.8) is 0 Å². The average molecular weight is 792 g/mol. The van der Waals surface area contributed by atoms with E-state index in [9.17, 15) is 0 Å². The molecule has 12 aromatic rings. The lowest BCUT2D eigenvalue weighted by molar-refractivity contribution is 0.672. The molecule has 2 aromatic heterocycles. The van der Waals surface area contributed by atoms with Crippen LogP contribution >= 0.6 is 0 Å². The number of benzene rings is 10. The number of furan rings is 1. The molecule has 0 N–H and O–H groups in total. The second kappa shape index (κ2) is 13.7. The molecule has 0 bridgehead atoms. The largest absolute Gasteiger partial charge is 0.455 e. The van der Waals surface area contributed by atoms with Crippen LogP contribution in [0.3, 0.4) is 0 Å². The van der Waals surface area contributed by atoms with Crippen LogP contribution in [0.5, 0.6) is 0 Å². The monoisotopic (exact) mass is 791 g/mol. The van der Waals surface area contributed by atoms with Gasteiger partial charge in [-0.1, -0.05) is 158 Å². The van der Waals surface area contributed by atoms with E-state index in [1.165, 1.54) is 54.1 Å². The number of aromatic nitrogens is 1. The maximum absolute atomic E-state index is 7.08. The molecular weight excluding hydrogens is 755 g/mol. The van der Waals surface area contributed by atoms with Gasteiger partial charge >= 0.3 is 0 Å². The molecule has 0 spiro atoms. The Labute approximate surface area is 357 Å². The number of aliphatic imine (C=N–C) groups is 2. The fraction of sp³-hybridized carbons (Fsp3) is 0.0345. The predicted molar refractivity (Wildman–Crippen MR) is 261 cm³/mol. The molecule has 1 aliphatic rings. The zero-order chi connectivity index (χ0) is 40.7. The van der Waals surface area contributed by atoms with E-state index < -0.39 is 0 Å². The molecule has 0 amide bonds. The third-order valence-electron chi connectivity index (χ3n) is 12.8. The van der Waals surface area contributed by atoms with Gasteiger partial charge in [0.2, 0.25) is 0 Å². The molecule has 0 saturated carbocycles. The quantitative estimate of drug-likeness (QED) is 0.175. The lowest BCUT2D eigenvalue weighted by atomic mass is 9.94. The van der Waals surface area contributed by atoms with Crippen molar-refractivity contribution in [3.8, 4) is 5.69 Å². The maximum atomic E-state index is 7.08.